The zero-order chi connectivity index (χ0) is 9.84. The Morgan fingerprint density at radius 2 is 2.38 bits per heavy atom. The van der Waals surface area contributed by atoms with Gasteiger partial charge >= 0.3 is 0 Å². The first-order valence-electron chi connectivity index (χ1n) is 5.09. The Hall–Kier alpha value is -0.570. The monoisotopic (exact) mass is 185 g/mol. The second-order valence-corrected chi connectivity index (χ2v) is 3.96. The first kappa shape index (κ1) is 10.5. The third-order valence-electron chi connectivity index (χ3n) is 2.69. The Labute approximate surface area is 79.7 Å². The van der Waals surface area contributed by atoms with E-state index in [1.165, 1.54) is 0 Å². The molecule has 1 aliphatic heterocycles. The fourth-order valence-electron chi connectivity index (χ4n) is 1.69. The van der Waals surface area contributed by atoms with Crippen molar-refractivity contribution < 1.29 is 9.90 Å². The van der Waals surface area contributed by atoms with E-state index in [9.17, 15) is 4.79 Å². The summed E-state index contributed by atoms with van der Waals surface area (Å²) in [6.45, 7) is 5.49. The average molecular weight is 185 g/mol. The standard InChI is InChI=1S/C10H19NO2/c1-3-9-6-10(13)11(7-9)5-4-8(2)12/h8-9,12H,3-7H2,1-2H3. The number of aliphatic hydroxyl groups is 1. The summed E-state index contributed by atoms with van der Waals surface area (Å²) in [6.07, 6.45) is 2.18. The van der Waals surface area contributed by atoms with Gasteiger partial charge < -0.3 is 10.0 Å². The SMILES string of the molecule is CCC1CC(=O)N(CCC(C)O)C1. The van der Waals surface area contributed by atoms with E-state index >= 15 is 0 Å². The molecule has 2 atom stereocenters. The molecular formula is C10H19NO2. The fourth-order valence-corrected chi connectivity index (χ4v) is 1.69. The molecule has 1 aliphatic rings. The summed E-state index contributed by atoms with van der Waals surface area (Å²) < 4.78 is 0. The number of carbonyl (C=O) groups is 1. The Morgan fingerprint density at radius 3 is 2.85 bits per heavy atom. The minimum Gasteiger partial charge on any atom is -0.393 e. The number of hydrogen-bond acceptors (Lipinski definition) is 2. The van der Waals surface area contributed by atoms with Crippen LogP contribution >= 0.6 is 0 Å². The highest BCUT2D eigenvalue weighted by Crippen LogP contribution is 2.20. The summed E-state index contributed by atoms with van der Waals surface area (Å²) in [5, 5.41) is 9.08. The lowest BCUT2D eigenvalue weighted by Crippen LogP contribution is -2.28. The fraction of sp³-hybridized carbons (Fsp3) is 0.900. The first-order valence-corrected chi connectivity index (χ1v) is 5.09. The number of aliphatic hydroxyl groups excluding tert-OH is 1. The lowest BCUT2D eigenvalue weighted by atomic mass is 10.1. The number of rotatable bonds is 4. The molecule has 1 fully saturated rings. The van der Waals surface area contributed by atoms with Gasteiger partial charge in [-0.25, -0.2) is 0 Å². The third-order valence-corrected chi connectivity index (χ3v) is 2.69. The number of carbonyl (C=O) groups excluding carboxylic acids is 1. The summed E-state index contributed by atoms with van der Waals surface area (Å²) in [7, 11) is 0. The van der Waals surface area contributed by atoms with Crippen molar-refractivity contribution in [3.8, 4) is 0 Å². The van der Waals surface area contributed by atoms with E-state index in [1.54, 1.807) is 6.92 Å². The summed E-state index contributed by atoms with van der Waals surface area (Å²) >= 11 is 0. The largest absolute Gasteiger partial charge is 0.393 e. The van der Waals surface area contributed by atoms with Gasteiger partial charge in [0, 0.05) is 19.5 Å². The molecule has 0 aromatic carbocycles. The summed E-state index contributed by atoms with van der Waals surface area (Å²) in [5.74, 6) is 0.800. The number of hydrogen-bond donors (Lipinski definition) is 1. The van der Waals surface area contributed by atoms with Gasteiger partial charge in [-0.1, -0.05) is 13.3 Å². The van der Waals surface area contributed by atoms with Crippen molar-refractivity contribution in [3.63, 3.8) is 0 Å². The highest BCUT2D eigenvalue weighted by atomic mass is 16.3. The second kappa shape index (κ2) is 4.61. The van der Waals surface area contributed by atoms with Crippen molar-refractivity contribution in [1.82, 2.24) is 4.90 Å². The van der Waals surface area contributed by atoms with E-state index < -0.39 is 0 Å². The zero-order valence-electron chi connectivity index (χ0n) is 8.49. The number of likely N-dealkylation sites (tertiary alicyclic amines) is 1. The average Bonchev–Trinajstić information content (AvgIpc) is 2.43. The van der Waals surface area contributed by atoms with Crippen LogP contribution in [0.1, 0.15) is 33.1 Å². The highest BCUT2D eigenvalue weighted by Gasteiger charge is 2.27. The maximum Gasteiger partial charge on any atom is 0.222 e. The lowest BCUT2D eigenvalue weighted by molar-refractivity contribution is -0.127. The normalized spacial score (nSPS) is 25.3. The van der Waals surface area contributed by atoms with Gasteiger partial charge in [0.05, 0.1) is 6.10 Å². The zero-order valence-corrected chi connectivity index (χ0v) is 8.49. The van der Waals surface area contributed by atoms with E-state index in [0.29, 0.717) is 25.3 Å². The van der Waals surface area contributed by atoms with Gasteiger partial charge in [0.2, 0.25) is 5.91 Å². The van der Waals surface area contributed by atoms with Gasteiger partial charge in [0.25, 0.3) is 0 Å². The van der Waals surface area contributed by atoms with Crippen LogP contribution in [-0.2, 0) is 4.79 Å². The first-order chi connectivity index (χ1) is 6.13. The maximum absolute atomic E-state index is 11.4. The van der Waals surface area contributed by atoms with Crippen LogP contribution in [0.4, 0.5) is 0 Å². The van der Waals surface area contributed by atoms with Crippen molar-refractivity contribution >= 4 is 5.91 Å². The molecule has 13 heavy (non-hydrogen) atoms. The molecule has 1 rings (SSSR count). The molecule has 3 nitrogen and oxygen atoms in total. The molecule has 0 spiro atoms. The topological polar surface area (TPSA) is 40.5 Å². The molecule has 1 saturated heterocycles. The van der Waals surface area contributed by atoms with Gasteiger partial charge in [-0.05, 0) is 19.3 Å². The maximum atomic E-state index is 11.4. The molecule has 0 aromatic heterocycles. The molecule has 1 amide bonds. The van der Waals surface area contributed by atoms with Crippen molar-refractivity contribution in [2.45, 2.75) is 39.2 Å². The van der Waals surface area contributed by atoms with Crippen LogP contribution in [0.5, 0.6) is 0 Å². The van der Waals surface area contributed by atoms with Crippen LogP contribution in [0.25, 0.3) is 0 Å². The Balaban J connectivity index is 2.31. The van der Waals surface area contributed by atoms with Crippen LogP contribution < -0.4 is 0 Å². The van der Waals surface area contributed by atoms with Crippen molar-refractivity contribution in [1.29, 1.82) is 0 Å². The molecule has 3 heteroatoms. The van der Waals surface area contributed by atoms with Crippen LogP contribution in [0, 0.1) is 5.92 Å². The van der Waals surface area contributed by atoms with Crippen molar-refractivity contribution in [3.05, 3.63) is 0 Å². The van der Waals surface area contributed by atoms with E-state index in [1.807, 2.05) is 4.90 Å². The lowest BCUT2D eigenvalue weighted by Gasteiger charge is -2.16. The number of nitrogens with zero attached hydrogens (tertiary/aromatic N) is 1. The summed E-state index contributed by atoms with van der Waals surface area (Å²) in [4.78, 5) is 13.3. The summed E-state index contributed by atoms with van der Waals surface area (Å²) in [5.41, 5.74) is 0. The van der Waals surface area contributed by atoms with Crippen LogP contribution in [0.15, 0.2) is 0 Å². The van der Waals surface area contributed by atoms with Crippen LogP contribution in [0.2, 0.25) is 0 Å². The molecule has 0 aliphatic carbocycles. The van der Waals surface area contributed by atoms with Gasteiger partial charge in [-0.3, -0.25) is 4.79 Å². The van der Waals surface area contributed by atoms with Gasteiger partial charge in [0.15, 0.2) is 0 Å². The predicted octanol–water partition coefficient (Wildman–Crippen LogP) is 1.02. The Bertz CT molecular complexity index is 180. The van der Waals surface area contributed by atoms with E-state index in [0.717, 1.165) is 13.0 Å². The molecule has 0 bridgehead atoms. The van der Waals surface area contributed by atoms with Crippen LogP contribution in [0.3, 0.4) is 0 Å². The molecule has 0 radical (unpaired) electrons. The van der Waals surface area contributed by atoms with E-state index in [2.05, 4.69) is 6.92 Å². The predicted molar refractivity (Wildman–Crippen MR) is 51.3 cm³/mol. The molecule has 0 aromatic rings. The number of amides is 1. The molecule has 76 valence electrons. The van der Waals surface area contributed by atoms with E-state index in [4.69, 9.17) is 5.11 Å². The third kappa shape index (κ3) is 2.99. The molecule has 1 heterocycles. The highest BCUT2D eigenvalue weighted by molar-refractivity contribution is 5.78. The molecule has 1 N–H and O–H groups in total. The van der Waals surface area contributed by atoms with Crippen LogP contribution in [-0.4, -0.2) is 35.1 Å². The Kier molecular flexibility index (Phi) is 3.72. The van der Waals surface area contributed by atoms with Gasteiger partial charge in [-0.2, -0.15) is 0 Å². The minimum absolute atomic E-state index is 0.257. The van der Waals surface area contributed by atoms with Gasteiger partial charge in [0.1, 0.15) is 0 Å². The molecular weight excluding hydrogens is 166 g/mol. The smallest absolute Gasteiger partial charge is 0.222 e. The summed E-state index contributed by atoms with van der Waals surface area (Å²) in [6, 6.07) is 0. The van der Waals surface area contributed by atoms with Gasteiger partial charge in [-0.15, -0.1) is 0 Å². The van der Waals surface area contributed by atoms with Crippen molar-refractivity contribution in [2.75, 3.05) is 13.1 Å². The molecule has 0 saturated carbocycles. The second-order valence-electron chi connectivity index (χ2n) is 3.96. The van der Waals surface area contributed by atoms with E-state index in [-0.39, 0.29) is 12.0 Å². The Morgan fingerprint density at radius 1 is 1.69 bits per heavy atom. The molecule has 2 unspecified atom stereocenters. The quantitative estimate of drug-likeness (QED) is 0.710. The van der Waals surface area contributed by atoms with Crippen molar-refractivity contribution in [2.24, 2.45) is 5.92 Å². The minimum atomic E-state index is -0.298.